The zero-order valence-corrected chi connectivity index (χ0v) is 8.58. The van der Waals surface area contributed by atoms with Crippen molar-refractivity contribution in [1.82, 2.24) is 0 Å². The third kappa shape index (κ3) is 1.98. The minimum Gasteiger partial charge on any atom is -0.490 e. The lowest BCUT2D eigenvalue weighted by atomic mass is 10.2. The van der Waals surface area contributed by atoms with Crippen LogP contribution in [-0.4, -0.2) is 12.0 Å². The SMILES string of the molecule is COc1cccc(CBr)c1[N+](=O)[O-]. The van der Waals surface area contributed by atoms with Crippen molar-refractivity contribution in [3.05, 3.63) is 33.9 Å². The van der Waals surface area contributed by atoms with Crippen molar-refractivity contribution in [3.63, 3.8) is 0 Å². The first-order chi connectivity index (χ1) is 6.20. The first kappa shape index (κ1) is 9.98. The molecule has 0 atom stereocenters. The lowest BCUT2D eigenvalue weighted by molar-refractivity contribution is -0.386. The zero-order valence-electron chi connectivity index (χ0n) is 6.99. The monoisotopic (exact) mass is 245 g/mol. The number of nitrogens with zero attached hydrogens (tertiary/aromatic N) is 1. The molecule has 5 heteroatoms. The molecule has 1 aromatic carbocycles. The molecule has 1 aromatic rings. The summed E-state index contributed by atoms with van der Waals surface area (Å²) in [5.41, 5.74) is 0.645. The van der Waals surface area contributed by atoms with Gasteiger partial charge in [0.25, 0.3) is 0 Å². The normalized spacial score (nSPS) is 9.69. The minimum atomic E-state index is -0.435. The van der Waals surface area contributed by atoms with E-state index in [4.69, 9.17) is 4.74 Å². The number of halogens is 1. The van der Waals surface area contributed by atoms with Gasteiger partial charge in [0, 0.05) is 10.9 Å². The number of para-hydroxylation sites is 1. The lowest BCUT2D eigenvalue weighted by Gasteiger charge is -2.03. The number of hydrogen-bond acceptors (Lipinski definition) is 3. The van der Waals surface area contributed by atoms with Crippen LogP contribution >= 0.6 is 15.9 Å². The third-order valence-corrected chi connectivity index (χ3v) is 2.23. The topological polar surface area (TPSA) is 52.4 Å². The van der Waals surface area contributed by atoms with Crippen molar-refractivity contribution in [2.75, 3.05) is 7.11 Å². The van der Waals surface area contributed by atoms with Gasteiger partial charge in [-0.2, -0.15) is 0 Å². The van der Waals surface area contributed by atoms with Gasteiger partial charge in [-0.05, 0) is 6.07 Å². The Morgan fingerprint density at radius 1 is 1.62 bits per heavy atom. The van der Waals surface area contributed by atoms with Crippen molar-refractivity contribution < 1.29 is 9.66 Å². The van der Waals surface area contributed by atoms with Gasteiger partial charge in [0.05, 0.1) is 12.0 Å². The molecule has 0 saturated carbocycles. The number of nitro benzene ring substituents is 1. The van der Waals surface area contributed by atoms with E-state index < -0.39 is 4.92 Å². The Balaban J connectivity index is 3.29. The van der Waals surface area contributed by atoms with Gasteiger partial charge in [0.2, 0.25) is 0 Å². The van der Waals surface area contributed by atoms with Crippen LogP contribution in [0.4, 0.5) is 5.69 Å². The summed E-state index contributed by atoms with van der Waals surface area (Å²) in [5.74, 6) is 0.293. The number of nitro groups is 1. The fourth-order valence-electron chi connectivity index (χ4n) is 1.05. The molecule has 0 N–H and O–H groups in total. The summed E-state index contributed by atoms with van der Waals surface area (Å²) in [6, 6.07) is 4.99. The quantitative estimate of drug-likeness (QED) is 0.467. The second-order valence-electron chi connectivity index (χ2n) is 2.36. The van der Waals surface area contributed by atoms with Crippen LogP contribution in [0.5, 0.6) is 5.75 Å². The predicted molar refractivity (Wildman–Crippen MR) is 52.3 cm³/mol. The van der Waals surface area contributed by atoms with Crippen LogP contribution in [0.3, 0.4) is 0 Å². The molecule has 0 spiro atoms. The van der Waals surface area contributed by atoms with E-state index >= 15 is 0 Å². The van der Waals surface area contributed by atoms with Gasteiger partial charge < -0.3 is 4.74 Å². The van der Waals surface area contributed by atoms with Crippen LogP contribution in [0.15, 0.2) is 18.2 Å². The van der Waals surface area contributed by atoms with E-state index in [9.17, 15) is 10.1 Å². The fraction of sp³-hybridized carbons (Fsp3) is 0.250. The van der Waals surface area contributed by atoms with E-state index in [2.05, 4.69) is 15.9 Å². The Morgan fingerprint density at radius 3 is 2.77 bits per heavy atom. The van der Waals surface area contributed by atoms with Gasteiger partial charge in [-0.1, -0.05) is 28.1 Å². The number of rotatable bonds is 3. The molecule has 0 radical (unpaired) electrons. The van der Waals surface area contributed by atoms with E-state index in [1.165, 1.54) is 7.11 Å². The molecule has 0 amide bonds. The minimum absolute atomic E-state index is 0.0295. The summed E-state index contributed by atoms with van der Waals surface area (Å²) in [6.07, 6.45) is 0. The summed E-state index contributed by atoms with van der Waals surface area (Å²) < 4.78 is 4.89. The van der Waals surface area contributed by atoms with Gasteiger partial charge in [-0.15, -0.1) is 0 Å². The second kappa shape index (κ2) is 4.23. The molecule has 0 unspecified atom stereocenters. The van der Waals surface area contributed by atoms with E-state index in [1.807, 2.05) is 0 Å². The van der Waals surface area contributed by atoms with Gasteiger partial charge in [0.1, 0.15) is 0 Å². The van der Waals surface area contributed by atoms with Gasteiger partial charge in [-0.25, -0.2) is 0 Å². The first-order valence-electron chi connectivity index (χ1n) is 3.57. The summed E-state index contributed by atoms with van der Waals surface area (Å²) in [5, 5.41) is 11.1. The summed E-state index contributed by atoms with van der Waals surface area (Å²) in [6.45, 7) is 0. The highest BCUT2D eigenvalue weighted by Gasteiger charge is 2.18. The van der Waals surface area contributed by atoms with Gasteiger partial charge in [-0.3, -0.25) is 10.1 Å². The molecule has 0 aliphatic heterocycles. The zero-order chi connectivity index (χ0) is 9.84. The fourth-order valence-corrected chi connectivity index (χ4v) is 1.50. The average molecular weight is 246 g/mol. The standard InChI is InChI=1S/C8H8BrNO3/c1-13-7-4-2-3-6(5-9)8(7)10(11)12/h2-4H,5H2,1H3. The van der Waals surface area contributed by atoms with Crippen LogP contribution in [0.25, 0.3) is 0 Å². The largest absolute Gasteiger partial charge is 0.490 e. The van der Waals surface area contributed by atoms with Crippen molar-refractivity contribution in [2.45, 2.75) is 5.33 Å². The number of ether oxygens (including phenoxy) is 1. The first-order valence-corrected chi connectivity index (χ1v) is 4.69. The van der Waals surface area contributed by atoms with Crippen molar-refractivity contribution in [3.8, 4) is 5.75 Å². The van der Waals surface area contributed by atoms with Gasteiger partial charge >= 0.3 is 5.69 Å². The highest BCUT2D eigenvalue weighted by atomic mass is 79.9. The smallest absolute Gasteiger partial charge is 0.314 e. The number of methoxy groups -OCH3 is 1. The van der Waals surface area contributed by atoms with E-state index in [1.54, 1.807) is 18.2 Å². The molecule has 0 bridgehead atoms. The molecule has 0 aliphatic rings. The molecular weight excluding hydrogens is 238 g/mol. The van der Waals surface area contributed by atoms with Crippen LogP contribution in [-0.2, 0) is 5.33 Å². The molecule has 1 rings (SSSR count). The molecule has 0 fully saturated rings. The molecule has 0 aromatic heterocycles. The molecule has 70 valence electrons. The Kier molecular flexibility index (Phi) is 3.25. The summed E-state index contributed by atoms with van der Waals surface area (Å²) >= 11 is 3.18. The van der Waals surface area contributed by atoms with Crippen LogP contribution in [0, 0.1) is 10.1 Å². The van der Waals surface area contributed by atoms with E-state index in [0.717, 1.165) is 0 Å². The van der Waals surface area contributed by atoms with E-state index in [0.29, 0.717) is 16.6 Å². The Bertz CT molecular complexity index is 305. The molecule has 13 heavy (non-hydrogen) atoms. The molecular formula is C8H8BrNO3. The molecule has 4 nitrogen and oxygen atoms in total. The maximum absolute atomic E-state index is 10.7. The molecule has 0 aliphatic carbocycles. The number of alkyl halides is 1. The summed E-state index contributed by atoms with van der Waals surface area (Å²) in [7, 11) is 1.42. The molecule has 0 heterocycles. The van der Waals surface area contributed by atoms with Crippen molar-refractivity contribution in [2.24, 2.45) is 0 Å². The Hall–Kier alpha value is -1.10. The summed E-state index contributed by atoms with van der Waals surface area (Å²) in [4.78, 5) is 10.2. The Labute approximate surface area is 83.8 Å². The maximum Gasteiger partial charge on any atom is 0.314 e. The Morgan fingerprint density at radius 2 is 2.31 bits per heavy atom. The number of benzene rings is 1. The maximum atomic E-state index is 10.7. The van der Waals surface area contributed by atoms with E-state index in [-0.39, 0.29) is 5.69 Å². The predicted octanol–water partition coefficient (Wildman–Crippen LogP) is 2.50. The van der Waals surface area contributed by atoms with Crippen LogP contribution in [0.2, 0.25) is 0 Å². The third-order valence-electron chi connectivity index (χ3n) is 1.63. The van der Waals surface area contributed by atoms with Crippen LogP contribution < -0.4 is 4.74 Å². The van der Waals surface area contributed by atoms with Crippen LogP contribution in [0.1, 0.15) is 5.56 Å². The van der Waals surface area contributed by atoms with Gasteiger partial charge in [0.15, 0.2) is 5.75 Å². The average Bonchev–Trinajstić information content (AvgIpc) is 2.16. The molecule has 0 saturated heterocycles. The second-order valence-corrected chi connectivity index (χ2v) is 2.92. The number of hydrogen-bond donors (Lipinski definition) is 0. The van der Waals surface area contributed by atoms with Crippen molar-refractivity contribution in [1.29, 1.82) is 0 Å². The van der Waals surface area contributed by atoms with Crippen molar-refractivity contribution >= 4 is 21.6 Å². The highest BCUT2D eigenvalue weighted by Crippen LogP contribution is 2.31. The highest BCUT2D eigenvalue weighted by molar-refractivity contribution is 9.08. The lowest BCUT2D eigenvalue weighted by Crippen LogP contribution is -1.97.